The van der Waals surface area contributed by atoms with Crippen molar-refractivity contribution in [1.82, 2.24) is 9.97 Å². The number of aromatic nitrogens is 2. The van der Waals surface area contributed by atoms with Gasteiger partial charge >= 0.3 is 0 Å². The number of H-pyrrole nitrogens is 1. The van der Waals surface area contributed by atoms with Crippen molar-refractivity contribution in [1.29, 1.82) is 0 Å². The van der Waals surface area contributed by atoms with Gasteiger partial charge in [0.15, 0.2) is 0 Å². The average Bonchev–Trinajstić information content (AvgIpc) is 2.62. The van der Waals surface area contributed by atoms with E-state index in [4.69, 9.17) is 0 Å². The first-order valence-electron chi connectivity index (χ1n) is 4.66. The van der Waals surface area contributed by atoms with Crippen LogP contribution in [0.5, 0.6) is 0 Å². The number of nitrogens with one attached hydrogen (secondary N) is 1. The van der Waals surface area contributed by atoms with Crippen LogP contribution in [0.1, 0.15) is 12.0 Å². The molecule has 0 amide bonds. The summed E-state index contributed by atoms with van der Waals surface area (Å²) in [6, 6.07) is 2.08. The maximum absolute atomic E-state index is 4.28. The van der Waals surface area contributed by atoms with Crippen LogP contribution in [0.15, 0.2) is 29.0 Å². The Morgan fingerprint density at radius 1 is 1.47 bits per heavy atom. The van der Waals surface area contributed by atoms with E-state index in [1.54, 1.807) is 6.20 Å². The van der Waals surface area contributed by atoms with Crippen LogP contribution in [0.4, 0.5) is 0 Å². The molecular formula is C11H10Br2N2. The molecule has 0 bridgehead atoms. The van der Waals surface area contributed by atoms with Crippen LogP contribution < -0.4 is 0 Å². The number of allylic oxidation sites excluding steroid dienone is 1. The monoisotopic (exact) mass is 328 g/mol. The van der Waals surface area contributed by atoms with Crippen LogP contribution in [0.3, 0.4) is 0 Å². The molecule has 0 unspecified atom stereocenters. The third-order valence-electron chi connectivity index (χ3n) is 2.10. The lowest BCUT2D eigenvalue weighted by Gasteiger charge is -1.92. The van der Waals surface area contributed by atoms with Crippen molar-refractivity contribution < 1.29 is 0 Å². The van der Waals surface area contributed by atoms with Gasteiger partial charge in [-0.25, -0.2) is 4.98 Å². The second-order valence-corrected chi connectivity index (χ2v) is 4.88. The molecule has 2 heterocycles. The van der Waals surface area contributed by atoms with E-state index in [2.05, 4.69) is 60.0 Å². The molecule has 0 aliphatic heterocycles. The molecule has 0 aliphatic rings. The standard InChI is InChI=1S/C11H10Br2N2/c12-4-2-1-3-8-6-14-11-10(8)5-9(13)7-15-11/h1,3,5-7H,2,4H2,(H,14,15). The van der Waals surface area contributed by atoms with Crippen molar-refractivity contribution in [3.63, 3.8) is 0 Å². The lowest BCUT2D eigenvalue weighted by Crippen LogP contribution is -1.75. The molecule has 0 saturated heterocycles. The van der Waals surface area contributed by atoms with Gasteiger partial charge < -0.3 is 4.98 Å². The highest BCUT2D eigenvalue weighted by Crippen LogP contribution is 2.21. The predicted octanol–water partition coefficient (Wildman–Crippen LogP) is 4.12. The minimum atomic E-state index is 0.927. The van der Waals surface area contributed by atoms with Gasteiger partial charge in [-0.3, -0.25) is 0 Å². The minimum Gasteiger partial charge on any atom is -0.346 e. The molecule has 2 aromatic rings. The summed E-state index contributed by atoms with van der Waals surface area (Å²) in [5.41, 5.74) is 2.11. The summed E-state index contributed by atoms with van der Waals surface area (Å²) in [6.07, 6.45) is 9.08. The Balaban J connectivity index is 2.39. The number of rotatable bonds is 3. The normalized spacial score (nSPS) is 11.6. The number of aromatic amines is 1. The van der Waals surface area contributed by atoms with E-state index in [-0.39, 0.29) is 0 Å². The topological polar surface area (TPSA) is 28.7 Å². The van der Waals surface area contributed by atoms with Crippen molar-refractivity contribution in [2.75, 3.05) is 5.33 Å². The largest absolute Gasteiger partial charge is 0.346 e. The number of hydrogen-bond acceptors (Lipinski definition) is 1. The second-order valence-electron chi connectivity index (χ2n) is 3.17. The van der Waals surface area contributed by atoms with Crippen molar-refractivity contribution >= 4 is 49.0 Å². The third-order valence-corrected chi connectivity index (χ3v) is 2.99. The zero-order valence-electron chi connectivity index (χ0n) is 8.00. The molecule has 2 aromatic heterocycles. The van der Waals surface area contributed by atoms with E-state index < -0.39 is 0 Å². The summed E-state index contributed by atoms with van der Waals surface area (Å²) in [5.74, 6) is 0. The lowest BCUT2D eigenvalue weighted by molar-refractivity contribution is 1.27. The number of fused-ring (bicyclic) bond motifs is 1. The molecule has 0 atom stereocenters. The van der Waals surface area contributed by atoms with Gasteiger partial charge in [-0.2, -0.15) is 0 Å². The van der Waals surface area contributed by atoms with E-state index in [0.29, 0.717) is 0 Å². The van der Waals surface area contributed by atoms with E-state index >= 15 is 0 Å². The molecule has 4 heteroatoms. The van der Waals surface area contributed by atoms with E-state index in [0.717, 1.165) is 27.3 Å². The van der Waals surface area contributed by atoms with Gasteiger partial charge in [0.1, 0.15) is 5.65 Å². The molecule has 15 heavy (non-hydrogen) atoms. The zero-order chi connectivity index (χ0) is 10.7. The Morgan fingerprint density at radius 3 is 3.13 bits per heavy atom. The minimum absolute atomic E-state index is 0.927. The fourth-order valence-corrected chi connectivity index (χ4v) is 2.01. The maximum atomic E-state index is 4.28. The predicted molar refractivity (Wildman–Crippen MR) is 71.2 cm³/mol. The van der Waals surface area contributed by atoms with Gasteiger partial charge in [0, 0.05) is 33.1 Å². The van der Waals surface area contributed by atoms with Crippen LogP contribution in [0.2, 0.25) is 0 Å². The quantitative estimate of drug-likeness (QED) is 0.843. The first-order chi connectivity index (χ1) is 7.31. The van der Waals surface area contributed by atoms with Crippen molar-refractivity contribution in [3.8, 4) is 0 Å². The summed E-state index contributed by atoms with van der Waals surface area (Å²) in [7, 11) is 0. The molecule has 78 valence electrons. The Hall–Kier alpha value is -0.610. The summed E-state index contributed by atoms with van der Waals surface area (Å²) in [5, 5.41) is 2.14. The van der Waals surface area contributed by atoms with Crippen molar-refractivity contribution in [2.24, 2.45) is 0 Å². The molecular weight excluding hydrogens is 320 g/mol. The first-order valence-corrected chi connectivity index (χ1v) is 6.58. The summed E-state index contributed by atoms with van der Waals surface area (Å²) >= 11 is 6.82. The van der Waals surface area contributed by atoms with Crippen LogP contribution in [-0.2, 0) is 0 Å². The summed E-state index contributed by atoms with van der Waals surface area (Å²) in [4.78, 5) is 7.43. The average molecular weight is 330 g/mol. The molecule has 2 nitrogen and oxygen atoms in total. The first kappa shape index (κ1) is 10.9. The van der Waals surface area contributed by atoms with Crippen molar-refractivity contribution in [3.05, 3.63) is 34.6 Å². The van der Waals surface area contributed by atoms with Crippen LogP contribution in [0.25, 0.3) is 17.1 Å². The highest BCUT2D eigenvalue weighted by atomic mass is 79.9. The molecule has 0 aliphatic carbocycles. The van der Waals surface area contributed by atoms with Crippen LogP contribution in [0, 0.1) is 0 Å². The fourth-order valence-electron chi connectivity index (χ4n) is 1.41. The zero-order valence-corrected chi connectivity index (χ0v) is 11.2. The van der Waals surface area contributed by atoms with Crippen molar-refractivity contribution in [2.45, 2.75) is 6.42 Å². The smallest absolute Gasteiger partial charge is 0.137 e. The fraction of sp³-hybridized carbons (Fsp3) is 0.182. The van der Waals surface area contributed by atoms with Gasteiger partial charge in [0.2, 0.25) is 0 Å². The Bertz CT molecular complexity index is 488. The number of alkyl halides is 1. The van der Waals surface area contributed by atoms with E-state index in [9.17, 15) is 0 Å². The Kier molecular flexibility index (Phi) is 3.59. The molecule has 0 fully saturated rings. The number of pyridine rings is 1. The van der Waals surface area contributed by atoms with Gasteiger partial charge in [0.25, 0.3) is 0 Å². The SMILES string of the molecule is BrCCC=Cc1c[nH]c2ncc(Br)cc12. The highest BCUT2D eigenvalue weighted by molar-refractivity contribution is 9.10. The van der Waals surface area contributed by atoms with Gasteiger partial charge in [-0.05, 0) is 28.4 Å². The summed E-state index contributed by atoms with van der Waals surface area (Å²) < 4.78 is 1.00. The molecule has 2 rings (SSSR count). The summed E-state index contributed by atoms with van der Waals surface area (Å²) in [6.45, 7) is 0. The maximum Gasteiger partial charge on any atom is 0.137 e. The van der Waals surface area contributed by atoms with E-state index in [1.165, 1.54) is 5.56 Å². The number of hydrogen-bond donors (Lipinski definition) is 1. The molecule has 1 N–H and O–H groups in total. The number of nitrogens with zero attached hydrogens (tertiary/aromatic N) is 1. The van der Waals surface area contributed by atoms with Crippen LogP contribution >= 0.6 is 31.9 Å². The molecule has 0 spiro atoms. The Morgan fingerprint density at radius 2 is 2.33 bits per heavy atom. The Labute approximate surface area is 105 Å². The third kappa shape index (κ3) is 2.49. The molecule has 0 saturated carbocycles. The van der Waals surface area contributed by atoms with Gasteiger partial charge in [-0.1, -0.05) is 28.1 Å². The second kappa shape index (κ2) is 4.94. The van der Waals surface area contributed by atoms with Gasteiger partial charge in [0.05, 0.1) is 0 Å². The van der Waals surface area contributed by atoms with Crippen LogP contribution in [-0.4, -0.2) is 15.3 Å². The van der Waals surface area contributed by atoms with E-state index in [1.807, 2.05) is 6.20 Å². The molecule has 0 aromatic carbocycles. The molecule has 0 radical (unpaired) electrons. The number of halogens is 2. The highest BCUT2D eigenvalue weighted by Gasteiger charge is 2.01. The lowest BCUT2D eigenvalue weighted by atomic mass is 10.2. The van der Waals surface area contributed by atoms with Gasteiger partial charge in [-0.15, -0.1) is 0 Å².